The van der Waals surface area contributed by atoms with Crippen LogP contribution in [0.4, 0.5) is 0 Å². The molecule has 1 rings (SSSR count). The molecule has 1 aliphatic heterocycles. The molecule has 1 N–H and O–H groups in total. The number of amides is 1. The van der Waals surface area contributed by atoms with Crippen molar-refractivity contribution < 1.29 is 14.6 Å². The van der Waals surface area contributed by atoms with Crippen LogP contribution in [-0.2, 0) is 9.53 Å². The van der Waals surface area contributed by atoms with E-state index in [1.54, 1.807) is 0 Å². The third-order valence-electron chi connectivity index (χ3n) is 2.56. The standard InChI is InChI=1S/C10H19NO3/c1-2-14-6-4-10(13)11-5-3-9(7-11)8-12/h9,12H,2-8H2,1H3. The van der Waals surface area contributed by atoms with Gasteiger partial charge >= 0.3 is 0 Å². The molecule has 1 unspecified atom stereocenters. The van der Waals surface area contributed by atoms with Crippen molar-refractivity contribution in [1.29, 1.82) is 0 Å². The predicted molar refractivity (Wildman–Crippen MR) is 52.9 cm³/mol. The molecule has 0 aliphatic carbocycles. The maximum absolute atomic E-state index is 11.5. The maximum atomic E-state index is 11.5. The zero-order valence-electron chi connectivity index (χ0n) is 8.74. The first-order valence-electron chi connectivity index (χ1n) is 5.24. The normalized spacial score (nSPS) is 21.6. The first-order valence-corrected chi connectivity index (χ1v) is 5.24. The van der Waals surface area contributed by atoms with Crippen LogP contribution < -0.4 is 0 Å². The molecule has 82 valence electrons. The molecule has 0 saturated carbocycles. The highest BCUT2D eigenvalue weighted by atomic mass is 16.5. The number of likely N-dealkylation sites (tertiary alicyclic amines) is 1. The quantitative estimate of drug-likeness (QED) is 0.649. The Morgan fingerprint density at radius 2 is 2.43 bits per heavy atom. The van der Waals surface area contributed by atoms with Crippen LogP contribution in [0.5, 0.6) is 0 Å². The molecular formula is C10H19NO3. The average molecular weight is 201 g/mol. The van der Waals surface area contributed by atoms with Crippen LogP contribution in [0.15, 0.2) is 0 Å². The Balaban J connectivity index is 2.18. The van der Waals surface area contributed by atoms with Crippen molar-refractivity contribution in [2.24, 2.45) is 5.92 Å². The summed E-state index contributed by atoms with van der Waals surface area (Å²) in [7, 11) is 0. The molecule has 1 heterocycles. The molecule has 1 atom stereocenters. The lowest BCUT2D eigenvalue weighted by molar-refractivity contribution is -0.131. The van der Waals surface area contributed by atoms with Gasteiger partial charge in [0.15, 0.2) is 0 Å². The van der Waals surface area contributed by atoms with Crippen LogP contribution in [-0.4, -0.2) is 48.8 Å². The SMILES string of the molecule is CCOCCC(=O)N1CCC(CO)C1. The van der Waals surface area contributed by atoms with Crippen LogP contribution >= 0.6 is 0 Å². The number of rotatable bonds is 5. The van der Waals surface area contributed by atoms with Gasteiger partial charge in [-0.1, -0.05) is 0 Å². The topological polar surface area (TPSA) is 49.8 Å². The van der Waals surface area contributed by atoms with E-state index >= 15 is 0 Å². The number of carbonyl (C=O) groups is 1. The van der Waals surface area contributed by atoms with Gasteiger partial charge in [0.05, 0.1) is 13.0 Å². The van der Waals surface area contributed by atoms with E-state index in [1.165, 1.54) is 0 Å². The molecule has 0 aromatic heterocycles. The maximum Gasteiger partial charge on any atom is 0.224 e. The van der Waals surface area contributed by atoms with Crippen molar-refractivity contribution in [1.82, 2.24) is 4.90 Å². The van der Waals surface area contributed by atoms with Gasteiger partial charge in [0.1, 0.15) is 0 Å². The minimum atomic E-state index is 0.148. The van der Waals surface area contributed by atoms with E-state index in [0.717, 1.165) is 13.0 Å². The highest BCUT2D eigenvalue weighted by Crippen LogP contribution is 2.15. The van der Waals surface area contributed by atoms with Crippen LogP contribution in [0.25, 0.3) is 0 Å². The van der Waals surface area contributed by atoms with Gasteiger partial charge in [-0.05, 0) is 13.3 Å². The molecule has 0 radical (unpaired) electrons. The Morgan fingerprint density at radius 1 is 1.64 bits per heavy atom. The lowest BCUT2D eigenvalue weighted by Gasteiger charge is -2.15. The molecule has 1 saturated heterocycles. The smallest absolute Gasteiger partial charge is 0.224 e. The van der Waals surface area contributed by atoms with Crippen molar-refractivity contribution in [2.75, 3.05) is 32.9 Å². The number of aliphatic hydroxyl groups excluding tert-OH is 1. The number of hydrogen-bond acceptors (Lipinski definition) is 3. The summed E-state index contributed by atoms with van der Waals surface area (Å²) in [6.45, 7) is 4.77. The Morgan fingerprint density at radius 3 is 3.00 bits per heavy atom. The van der Waals surface area contributed by atoms with Gasteiger partial charge in [0.25, 0.3) is 0 Å². The van der Waals surface area contributed by atoms with E-state index in [4.69, 9.17) is 9.84 Å². The van der Waals surface area contributed by atoms with Crippen molar-refractivity contribution in [3.63, 3.8) is 0 Å². The van der Waals surface area contributed by atoms with E-state index in [1.807, 2.05) is 11.8 Å². The average Bonchev–Trinajstić information content (AvgIpc) is 2.66. The minimum Gasteiger partial charge on any atom is -0.396 e. The highest BCUT2D eigenvalue weighted by Gasteiger charge is 2.24. The van der Waals surface area contributed by atoms with E-state index in [0.29, 0.717) is 26.2 Å². The predicted octanol–water partition coefficient (Wildman–Crippen LogP) is 0.254. The van der Waals surface area contributed by atoms with Gasteiger partial charge in [-0.15, -0.1) is 0 Å². The molecule has 14 heavy (non-hydrogen) atoms. The monoisotopic (exact) mass is 201 g/mol. The molecule has 1 aliphatic rings. The minimum absolute atomic E-state index is 0.148. The lowest BCUT2D eigenvalue weighted by atomic mass is 10.1. The summed E-state index contributed by atoms with van der Waals surface area (Å²) in [5.74, 6) is 0.431. The Bertz CT molecular complexity index is 184. The fraction of sp³-hybridized carbons (Fsp3) is 0.900. The van der Waals surface area contributed by atoms with Crippen LogP contribution in [0.2, 0.25) is 0 Å². The summed E-state index contributed by atoms with van der Waals surface area (Å²) >= 11 is 0. The number of carbonyl (C=O) groups excluding carboxylic acids is 1. The molecule has 0 aromatic carbocycles. The third-order valence-corrected chi connectivity index (χ3v) is 2.56. The van der Waals surface area contributed by atoms with Crippen molar-refractivity contribution in [3.05, 3.63) is 0 Å². The number of ether oxygens (including phenoxy) is 1. The van der Waals surface area contributed by atoms with Crippen molar-refractivity contribution in [2.45, 2.75) is 19.8 Å². The fourth-order valence-corrected chi connectivity index (χ4v) is 1.67. The summed E-state index contributed by atoms with van der Waals surface area (Å²) in [6, 6.07) is 0. The second-order valence-corrected chi connectivity index (χ2v) is 3.62. The van der Waals surface area contributed by atoms with Gasteiger partial charge in [-0.2, -0.15) is 0 Å². The van der Waals surface area contributed by atoms with Gasteiger partial charge < -0.3 is 14.7 Å². The Hall–Kier alpha value is -0.610. The summed E-state index contributed by atoms with van der Waals surface area (Å²) in [4.78, 5) is 13.4. The second kappa shape index (κ2) is 5.98. The first kappa shape index (κ1) is 11.5. The van der Waals surface area contributed by atoms with Crippen LogP contribution in [0.1, 0.15) is 19.8 Å². The molecule has 1 fully saturated rings. The molecule has 4 heteroatoms. The fourth-order valence-electron chi connectivity index (χ4n) is 1.67. The van der Waals surface area contributed by atoms with E-state index in [9.17, 15) is 4.79 Å². The first-order chi connectivity index (χ1) is 6.77. The van der Waals surface area contributed by atoms with Gasteiger partial charge in [0, 0.05) is 32.2 Å². The van der Waals surface area contributed by atoms with Gasteiger partial charge in [-0.25, -0.2) is 0 Å². The molecule has 4 nitrogen and oxygen atoms in total. The molecule has 1 amide bonds. The number of hydrogen-bond donors (Lipinski definition) is 1. The largest absolute Gasteiger partial charge is 0.396 e. The summed E-state index contributed by atoms with van der Waals surface area (Å²) < 4.78 is 5.12. The van der Waals surface area contributed by atoms with Gasteiger partial charge in [0.2, 0.25) is 5.91 Å². The molecular weight excluding hydrogens is 182 g/mol. The number of nitrogens with zero attached hydrogens (tertiary/aromatic N) is 1. The summed E-state index contributed by atoms with van der Waals surface area (Å²) in [5.41, 5.74) is 0. The summed E-state index contributed by atoms with van der Waals surface area (Å²) in [6.07, 6.45) is 1.39. The van der Waals surface area contributed by atoms with Crippen LogP contribution in [0.3, 0.4) is 0 Å². The second-order valence-electron chi connectivity index (χ2n) is 3.62. The Labute approximate surface area is 84.8 Å². The highest BCUT2D eigenvalue weighted by molar-refractivity contribution is 5.76. The molecule has 0 bridgehead atoms. The van der Waals surface area contributed by atoms with E-state index < -0.39 is 0 Å². The zero-order chi connectivity index (χ0) is 10.4. The third kappa shape index (κ3) is 3.27. The van der Waals surface area contributed by atoms with Crippen molar-refractivity contribution >= 4 is 5.91 Å². The van der Waals surface area contributed by atoms with Crippen LogP contribution in [0, 0.1) is 5.92 Å². The lowest BCUT2D eigenvalue weighted by Crippen LogP contribution is -2.29. The van der Waals surface area contributed by atoms with E-state index in [-0.39, 0.29) is 18.4 Å². The van der Waals surface area contributed by atoms with Crippen molar-refractivity contribution in [3.8, 4) is 0 Å². The van der Waals surface area contributed by atoms with Gasteiger partial charge in [-0.3, -0.25) is 4.79 Å². The van der Waals surface area contributed by atoms with E-state index in [2.05, 4.69) is 0 Å². The molecule has 0 spiro atoms. The number of aliphatic hydroxyl groups is 1. The molecule has 0 aromatic rings. The summed E-state index contributed by atoms with van der Waals surface area (Å²) in [5, 5.41) is 8.92. The Kier molecular flexibility index (Phi) is 4.90. The zero-order valence-corrected chi connectivity index (χ0v) is 8.74.